The Bertz CT molecular complexity index is 252. The Morgan fingerprint density at radius 1 is 1.31 bits per heavy atom. The molecule has 0 saturated carbocycles. The lowest BCUT2D eigenvalue weighted by molar-refractivity contribution is 0.258. The molecule has 0 radical (unpaired) electrons. The molecular formula is C11H16N2. The summed E-state index contributed by atoms with van der Waals surface area (Å²) >= 11 is 0. The van der Waals surface area contributed by atoms with E-state index in [4.69, 9.17) is 0 Å². The number of nitrogens with zero attached hydrogens (tertiary/aromatic N) is 2. The molecule has 2 heterocycles. The monoisotopic (exact) mass is 176 g/mol. The molecule has 70 valence electrons. The van der Waals surface area contributed by atoms with Gasteiger partial charge in [-0.3, -0.25) is 9.88 Å². The van der Waals surface area contributed by atoms with Gasteiger partial charge in [-0.2, -0.15) is 0 Å². The van der Waals surface area contributed by atoms with E-state index in [1.54, 1.807) is 0 Å². The maximum Gasteiger partial charge on any atom is 0.0572 e. The van der Waals surface area contributed by atoms with Crippen molar-refractivity contribution >= 4 is 0 Å². The van der Waals surface area contributed by atoms with E-state index in [-0.39, 0.29) is 0 Å². The van der Waals surface area contributed by atoms with Crippen LogP contribution >= 0.6 is 0 Å². The summed E-state index contributed by atoms with van der Waals surface area (Å²) in [4.78, 5) is 6.88. The molecule has 13 heavy (non-hydrogen) atoms. The summed E-state index contributed by atoms with van der Waals surface area (Å²) in [6, 6.07) is 6.64. The summed E-state index contributed by atoms with van der Waals surface area (Å²) in [6.07, 6.45) is 4.57. The molecule has 1 unspecified atom stereocenters. The molecule has 2 heteroatoms. The SMILES string of the molecule is CC(c1ccccn1)N1CCCC1. The normalized spacial score (nSPS) is 20.4. The van der Waals surface area contributed by atoms with Gasteiger partial charge in [-0.25, -0.2) is 0 Å². The zero-order valence-corrected chi connectivity index (χ0v) is 8.11. The summed E-state index contributed by atoms with van der Waals surface area (Å²) in [5.74, 6) is 0. The third-order valence-electron chi connectivity index (χ3n) is 2.80. The van der Waals surface area contributed by atoms with Crippen molar-refractivity contribution in [2.24, 2.45) is 0 Å². The van der Waals surface area contributed by atoms with Crippen LogP contribution in [-0.4, -0.2) is 23.0 Å². The first kappa shape index (κ1) is 8.70. The van der Waals surface area contributed by atoms with Gasteiger partial charge in [0, 0.05) is 12.2 Å². The fraction of sp³-hybridized carbons (Fsp3) is 0.545. The van der Waals surface area contributed by atoms with Gasteiger partial charge in [0.2, 0.25) is 0 Å². The third kappa shape index (κ3) is 1.89. The molecule has 1 saturated heterocycles. The van der Waals surface area contributed by atoms with E-state index in [1.165, 1.54) is 31.6 Å². The van der Waals surface area contributed by atoms with Gasteiger partial charge in [-0.05, 0) is 45.0 Å². The second-order valence-electron chi connectivity index (χ2n) is 3.67. The Hall–Kier alpha value is -0.890. The van der Waals surface area contributed by atoms with E-state index in [0.717, 1.165) is 0 Å². The van der Waals surface area contributed by atoms with Crippen LogP contribution in [0.4, 0.5) is 0 Å². The summed E-state index contributed by atoms with van der Waals surface area (Å²) < 4.78 is 0. The van der Waals surface area contributed by atoms with Crippen molar-refractivity contribution in [2.45, 2.75) is 25.8 Å². The highest BCUT2D eigenvalue weighted by Crippen LogP contribution is 2.22. The van der Waals surface area contributed by atoms with E-state index in [2.05, 4.69) is 28.9 Å². The standard InChI is InChI=1S/C11H16N2/c1-10(13-8-4-5-9-13)11-6-2-3-7-12-11/h2-3,6-7,10H,4-5,8-9H2,1H3. The first-order valence-corrected chi connectivity index (χ1v) is 5.03. The number of hydrogen-bond acceptors (Lipinski definition) is 2. The van der Waals surface area contributed by atoms with Gasteiger partial charge in [0.05, 0.1) is 5.69 Å². The van der Waals surface area contributed by atoms with Gasteiger partial charge in [-0.1, -0.05) is 6.07 Å². The van der Waals surface area contributed by atoms with Crippen LogP contribution in [0.1, 0.15) is 31.5 Å². The van der Waals surface area contributed by atoms with E-state index in [9.17, 15) is 0 Å². The number of likely N-dealkylation sites (tertiary alicyclic amines) is 1. The first-order valence-electron chi connectivity index (χ1n) is 5.03. The molecule has 1 aromatic rings. The number of pyridine rings is 1. The third-order valence-corrected chi connectivity index (χ3v) is 2.80. The smallest absolute Gasteiger partial charge is 0.0572 e. The molecule has 0 aromatic carbocycles. The van der Waals surface area contributed by atoms with Crippen LogP contribution < -0.4 is 0 Å². The molecule has 1 atom stereocenters. The van der Waals surface area contributed by atoms with Crippen LogP contribution in [0.25, 0.3) is 0 Å². The molecule has 0 N–H and O–H groups in total. The number of rotatable bonds is 2. The van der Waals surface area contributed by atoms with Gasteiger partial charge in [0.1, 0.15) is 0 Å². The average molecular weight is 176 g/mol. The quantitative estimate of drug-likeness (QED) is 0.687. The second kappa shape index (κ2) is 3.88. The molecule has 0 spiro atoms. The van der Waals surface area contributed by atoms with Crippen LogP contribution in [0.2, 0.25) is 0 Å². The average Bonchev–Trinajstić information content (AvgIpc) is 2.71. The highest BCUT2D eigenvalue weighted by atomic mass is 15.2. The minimum Gasteiger partial charge on any atom is -0.295 e. The lowest BCUT2D eigenvalue weighted by Crippen LogP contribution is -2.23. The Morgan fingerprint density at radius 2 is 2.08 bits per heavy atom. The minimum atomic E-state index is 0.490. The van der Waals surface area contributed by atoms with Crippen LogP contribution in [-0.2, 0) is 0 Å². The Kier molecular flexibility index (Phi) is 2.60. The van der Waals surface area contributed by atoms with Crippen molar-refractivity contribution in [1.29, 1.82) is 0 Å². The van der Waals surface area contributed by atoms with E-state index < -0.39 is 0 Å². The molecule has 2 nitrogen and oxygen atoms in total. The van der Waals surface area contributed by atoms with Crippen LogP contribution in [0.5, 0.6) is 0 Å². The second-order valence-corrected chi connectivity index (χ2v) is 3.67. The maximum atomic E-state index is 4.38. The molecule has 2 rings (SSSR count). The van der Waals surface area contributed by atoms with Gasteiger partial charge in [0.25, 0.3) is 0 Å². The molecular weight excluding hydrogens is 160 g/mol. The van der Waals surface area contributed by atoms with Crippen molar-refractivity contribution < 1.29 is 0 Å². The van der Waals surface area contributed by atoms with Crippen molar-refractivity contribution in [1.82, 2.24) is 9.88 Å². The van der Waals surface area contributed by atoms with Crippen molar-refractivity contribution in [3.05, 3.63) is 30.1 Å². The van der Waals surface area contributed by atoms with Crippen LogP contribution in [0.3, 0.4) is 0 Å². The largest absolute Gasteiger partial charge is 0.295 e. The summed E-state index contributed by atoms with van der Waals surface area (Å²) in [7, 11) is 0. The Morgan fingerprint density at radius 3 is 2.69 bits per heavy atom. The summed E-state index contributed by atoms with van der Waals surface area (Å²) in [5.41, 5.74) is 1.20. The summed E-state index contributed by atoms with van der Waals surface area (Å²) in [5, 5.41) is 0. The van der Waals surface area contributed by atoms with Crippen molar-refractivity contribution in [3.63, 3.8) is 0 Å². The zero-order valence-electron chi connectivity index (χ0n) is 8.11. The van der Waals surface area contributed by atoms with Crippen LogP contribution in [0.15, 0.2) is 24.4 Å². The molecule has 1 aliphatic heterocycles. The molecule has 0 amide bonds. The lowest BCUT2D eigenvalue weighted by atomic mass is 10.2. The minimum absolute atomic E-state index is 0.490. The van der Waals surface area contributed by atoms with E-state index in [0.29, 0.717) is 6.04 Å². The zero-order chi connectivity index (χ0) is 9.10. The summed E-state index contributed by atoms with van der Waals surface area (Å²) in [6.45, 7) is 4.71. The fourth-order valence-corrected chi connectivity index (χ4v) is 1.94. The highest BCUT2D eigenvalue weighted by Gasteiger charge is 2.19. The van der Waals surface area contributed by atoms with E-state index >= 15 is 0 Å². The predicted octanol–water partition coefficient (Wildman–Crippen LogP) is 2.24. The molecule has 0 aliphatic carbocycles. The van der Waals surface area contributed by atoms with Gasteiger partial charge < -0.3 is 0 Å². The fourth-order valence-electron chi connectivity index (χ4n) is 1.94. The topological polar surface area (TPSA) is 16.1 Å². The van der Waals surface area contributed by atoms with Gasteiger partial charge in [-0.15, -0.1) is 0 Å². The molecule has 0 bridgehead atoms. The Labute approximate surface area is 79.6 Å². The van der Waals surface area contributed by atoms with Crippen molar-refractivity contribution in [2.75, 3.05) is 13.1 Å². The van der Waals surface area contributed by atoms with Crippen LogP contribution in [0, 0.1) is 0 Å². The van der Waals surface area contributed by atoms with Gasteiger partial charge >= 0.3 is 0 Å². The first-order chi connectivity index (χ1) is 6.38. The molecule has 1 aliphatic rings. The maximum absolute atomic E-state index is 4.38. The highest BCUT2D eigenvalue weighted by molar-refractivity contribution is 5.08. The van der Waals surface area contributed by atoms with Gasteiger partial charge in [0.15, 0.2) is 0 Å². The lowest BCUT2D eigenvalue weighted by Gasteiger charge is -2.22. The molecule has 1 aromatic heterocycles. The van der Waals surface area contributed by atoms with Crippen molar-refractivity contribution in [3.8, 4) is 0 Å². The number of aromatic nitrogens is 1. The Balaban J connectivity index is 2.08. The number of hydrogen-bond donors (Lipinski definition) is 0. The molecule has 1 fully saturated rings. The van der Waals surface area contributed by atoms with E-state index in [1.807, 2.05) is 12.3 Å². The predicted molar refractivity (Wildman–Crippen MR) is 53.5 cm³/mol.